The van der Waals surface area contributed by atoms with Crippen LogP contribution in [-0.4, -0.2) is 11.6 Å². The Hall–Kier alpha value is -1.67. The lowest BCUT2D eigenvalue weighted by Crippen LogP contribution is -2.48. The lowest BCUT2D eigenvalue weighted by molar-refractivity contribution is 0.0177. The summed E-state index contributed by atoms with van der Waals surface area (Å²) in [6.45, 7) is 6.31. The van der Waals surface area contributed by atoms with E-state index in [1.54, 1.807) is 5.56 Å². The second-order valence-corrected chi connectivity index (χ2v) is 7.67. The van der Waals surface area contributed by atoms with Gasteiger partial charge in [-0.2, -0.15) is 0 Å². The van der Waals surface area contributed by atoms with Gasteiger partial charge >= 0.3 is 0 Å². The van der Waals surface area contributed by atoms with Crippen LogP contribution >= 0.6 is 0 Å². The second-order valence-electron chi connectivity index (χ2n) is 7.67. The van der Waals surface area contributed by atoms with Gasteiger partial charge in [-0.3, -0.25) is 4.98 Å². The highest BCUT2D eigenvalue weighted by Crippen LogP contribution is 2.62. The van der Waals surface area contributed by atoms with Crippen molar-refractivity contribution < 1.29 is 4.74 Å². The molecule has 1 fully saturated rings. The van der Waals surface area contributed by atoms with E-state index < -0.39 is 0 Å². The molecule has 3 aliphatic rings. The molecule has 0 amide bonds. The largest absolute Gasteiger partial charge is 0.376 e. The molecule has 1 heterocycles. The standard InChI is InChI=1S/C21H25NO/c1-21(2)17-10-18-16(12-22-13-19(18)20(21)11-17)8-9-23-14-15-6-4-3-5-7-15/h3-7,12-13,17,20H,8-11,14H2,1-2H3/t17?,20-/m1/s1. The van der Waals surface area contributed by atoms with E-state index in [2.05, 4.69) is 55.5 Å². The Morgan fingerprint density at radius 2 is 2.00 bits per heavy atom. The average molecular weight is 307 g/mol. The number of nitrogens with zero attached hydrogens (tertiary/aromatic N) is 1. The molecule has 0 spiro atoms. The third-order valence-corrected chi connectivity index (χ3v) is 6.10. The first-order valence-corrected chi connectivity index (χ1v) is 8.73. The first-order valence-electron chi connectivity index (χ1n) is 8.73. The summed E-state index contributed by atoms with van der Waals surface area (Å²) in [4.78, 5) is 4.52. The van der Waals surface area contributed by atoms with Gasteiger partial charge in [-0.25, -0.2) is 0 Å². The highest BCUT2D eigenvalue weighted by molar-refractivity contribution is 5.42. The Morgan fingerprint density at radius 3 is 2.78 bits per heavy atom. The van der Waals surface area contributed by atoms with Crippen LogP contribution in [0.25, 0.3) is 0 Å². The minimum atomic E-state index is 0.469. The predicted octanol–water partition coefficient (Wildman–Crippen LogP) is 4.53. The summed E-state index contributed by atoms with van der Waals surface area (Å²) in [5.41, 5.74) is 6.20. The van der Waals surface area contributed by atoms with Crippen molar-refractivity contribution in [2.75, 3.05) is 6.61 Å². The van der Waals surface area contributed by atoms with Crippen molar-refractivity contribution >= 4 is 0 Å². The first kappa shape index (κ1) is 14.9. The van der Waals surface area contributed by atoms with E-state index in [1.165, 1.54) is 29.5 Å². The Balaban J connectivity index is 1.40. The van der Waals surface area contributed by atoms with Crippen LogP contribution in [0.5, 0.6) is 0 Å². The Bertz CT molecular complexity index is 692. The molecule has 2 nitrogen and oxygen atoms in total. The number of hydrogen-bond acceptors (Lipinski definition) is 2. The minimum absolute atomic E-state index is 0.469. The summed E-state index contributed by atoms with van der Waals surface area (Å²) >= 11 is 0. The van der Waals surface area contributed by atoms with E-state index in [1.807, 2.05) is 6.07 Å². The van der Waals surface area contributed by atoms with Gasteiger partial charge in [0.15, 0.2) is 0 Å². The molecule has 3 aliphatic carbocycles. The molecule has 5 rings (SSSR count). The Labute approximate surface area is 138 Å². The van der Waals surface area contributed by atoms with Crippen molar-refractivity contribution in [2.45, 2.75) is 45.6 Å². The summed E-state index contributed by atoms with van der Waals surface area (Å²) in [5, 5.41) is 0. The van der Waals surface area contributed by atoms with Gasteiger partial charge in [0, 0.05) is 12.4 Å². The normalized spacial score (nSPS) is 23.9. The fraction of sp³-hybridized carbons (Fsp3) is 0.476. The average Bonchev–Trinajstić information content (AvgIpc) is 2.59. The molecule has 0 N–H and O–H groups in total. The molecule has 0 saturated heterocycles. The van der Waals surface area contributed by atoms with Gasteiger partial charge in [0.25, 0.3) is 0 Å². The molecule has 2 heteroatoms. The van der Waals surface area contributed by atoms with Crippen LogP contribution in [0.15, 0.2) is 42.7 Å². The predicted molar refractivity (Wildman–Crippen MR) is 92.4 cm³/mol. The molecule has 0 aliphatic heterocycles. The summed E-state index contributed by atoms with van der Waals surface area (Å²) in [6.07, 6.45) is 7.74. The number of rotatable bonds is 5. The summed E-state index contributed by atoms with van der Waals surface area (Å²) in [7, 11) is 0. The van der Waals surface area contributed by atoms with Crippen LogP contribution in [0.1, 0.15) is 48.4 Å². The van der Waals surface area contributed by atoms with Gasteiger partial charge in [-0.05, 0) is 58.8 Å². The fourth-order valence-electron chi connectivity index (χ4n) is 4.40. The molecule has 2 bridgehead atoms. The van der Waals surface area contributed by atoms with Crippen LogP contribution in [0.3, 0.4) is 0 Å². The van der Waals surface area contributed by atoms with Gasteiger partial charge in [0.05, 0.1) is 13.2 Å². The molecule has 2 aromatic rings. The Kier molecular flexibility index (Phi) is 3.73. The van der Waals surface area contributed by atoms with Crippen molar-refractivity contribution in [3.63, 3.8) is 0 Å². The highest BCUT2D eigenvalue weighted by Gasteiger charge is 2.52. The van der Waals surface area contributed by atoms with Crippen LogP contribution < -0.4 is 0 Å². The molecule has 1 unspecified atom stereocenters. The molecular formula is C21H25NO. The summed E-state index contributed by atoms with van der Waals surface area (Å²) < 4.78 is 5.87. The number of aromatic nitrogens is 1. The van der Waals surface area contributed by atoms with E-state index >= 15 is 0 Å². The smallest absolute Gasteiger partial charge is 0.0717 e. The number of benzene rings is 1. The van der Waals surface area contributed by atoms with Crippen LogP contribution in [0.2, 0.25) is 0 Å². The van der Waals surface area contributed by atoms with Gasteiger partial charge < -0.3 is 4.74 Å². The zero-order chi connectivity index (χ0) is 15.9. The Morgan fingerprint density at radius 1 is 1.17 bits per heavy atom. The van der Waals surface area contributed by atoms with Crippen molar-refractivity contribution in [3.05, 3.63) is 65.0 Å². The van der Waals surface area contributed by atoms with Gasteiger partial charge in [-0.1, -0.05) is 44.2 Å². The summed E-state index contributed by atoms with van der Waals surface area (Å²) in [6, 6.07) is 10.4. The maximum absolute atomic E-state index is 5.87. The zero-order valence-electron chi connectivity index (χ0n) is 14.1. The van der Waals surface area contributed by atoms with Crippen molar-refractivity contribution in [1.29, 1.82) is 0 Å². The number of pyridine rings is 1. The van der Waals surface area contributed by atoms with E-state index in [4.69, 9.17) is 4.74 Å². The van der Waals surface area contributed by atoms with Crippen molar-refractivity contribution in [3.8, 4) is 0 Å². The maximum atomic E-state index is 5.87. The van der Waals surface area contributed by atoms with Crippen LogP contribution in [-0.2, 0) is 24.2 Å². The fourth-order valence-corrected chi connectivity index (χ4v) is 4.40. The molecule has 1 saturated carbocycles. The van der Waals surface area contributed by atoms with Crippen LogP contribution in [0, 0.1) is 11.3 Å². The third kappa shape index (κ3) is 2.59. The quantitative estimate of drug-likeness (QED) is 0.757. The summed E-state index contributed by atoms with van der Waals surface area (Å²) in [5.74, 6) is 1.57. The van der Waals surface area contributed by atoms with Gasteiger partial charge in [0.1, 0.15) is 0 Å². The molecule has 120 valence electrons. The molecular weight excluding hydrogens is 282 g/mol. The molecule has 23 heavy (non-hydrogen) atoms. The van der Waals surface area contributed by atoms with E-state index in [-0.39, 0.29) is 0 Å². The molecule has 2 atom stereocenters. The maximum Gasteiger partial charge on any atom is 0.0717 e. The first-order chi connectivity index (χ1) is 11.2. The van der Waals surface area contributed by atoms with E-state index in [0.29, 0.717) is 17.9 Å². The van der Waals surface area contributed by atoms with Crippen molar-refractivity contribution in [1.82, 2.24) is 4.98 Å². The molecule has 0 radical (unpaired) electrons. The second kappa shape index (κ2) is 5.76. The third-order valence-electron chi connectivity index (χ3n) is 6.10. The topological polar surface area (TPSA) is 22.1 Å². The van der Waals surface area contributed by atoms with Gasteiger partial charge in [-0.15, -0.1) is 0 Å². The molecule has 1 aromatic heterocycles. The van der Waals surface area contributed by atoms with E-state index in [0.717, 1.165) is 18.9 Å². The van der Waals surface area contributed by atoms with Gasteiger partial charge in [0.2, 0.25) is 0 Å². The van der Waals surface area contributed by atoms with E-state index in [9.17, 15) is 0 Å². The SMILES string of the molecule is CC1(C)C2Cc3c(CCOCc4ccccc4)cncc3[C@H]1C2. The number of hydrogen-bond donors (Lipinski definition) is 0. The number of ether oxygens (including phenoxy) is 1. The van der Waals surface area contributed by atoms with Crippen molar-refractivity contribution in [2.24, 2.45) is 11.3 Å². The zero-order valence-corrected chi connectivity index (χ0v) is 14.1. The minimum Gasteiger partial charge on any atom is -0.376 e. The molecule has 1 aromatic carbocycles. The monoisotopic (exact) mass is 307 g/mol. The lowest BCUT2D eigenvalue weighted by atomic mass is 9.47. The highest BCUT2D eigenvalue weighted by atomic mass is 16.5. The lowest BCUT2D eigenvalue weighted by Gasteiger charge is -2.57. The van der Waals surface area contributed by atoms with Crippen LogP contribution in [0.4, 0.5) is 0 Å².